The van der Waals surface area contributed by atoms with Crippen LogP contribution in [0.3, 0.4) is 0 Å². The van der Waals surface area contributed by atoms with Crippen LogP contribution in [-0.4, -0.2) is 29.8 Å². The minimum absolute atomic E-state index is 0.500. The van der Waals surface area contributed by atoms with Gasteiger partial charge < -0.3 is 0 Å². The van der Waals surface area contributed by atoms with Gasteiger partial charge in [-0.25, -0.2) is 0 Å². The summed E-state index contributed by atoms with van der Waals surface area (Å²) in [7, 11) is 0. The van der Waals surface area contributed by atoms with Crippen LogP contribution in [-0.2, 0) is 0 Å². The minimum atomic E-state index is -1.43. The van der Waals surface area contributed by atoms with E-state index in [-0.39, 0.29) is 0 Å². The number of hydrogen-bond acceptors (Lipinski definition) is 0. The van der Waals surface area contributed by atoms with Gasteiger partial charge in [-0.05, 0) is 0 Å². The third-order valence-corrected chi connectivity index (χ3v) is 10.6. The van der Waals surface area contributed by atoms with Crippen molar-refractivity contribution < 1.29 is 0 Å². The Morgan fingerprint density at radius 3 is 1.04 bits per heavy atom. The molecule has 2 rings (SSSR count). The second-order valence-corrected chi connectivity index (χ2v) is 13.5. The van der Waals surface area contributed by atoms with Gasteiger partial charge in [-0.1, -0.05) is 0 Å². The molecular formula is C21H31Ge2. The maximum atomic E-state index is 2.51. The van der Waals surface area contributed by atoms with Crippen molar-refractivity contribution in [3.63, 3.8) is 0 Å². The van der Waals surface area contributed by atoms with Gasteiger partial charge in [-0.2, -0.15) is 0 Å². The van der Waals surface area contributed by atoms with Gasteiger partial charge in [0.15, 0.2) is 0 Å². The molecule has 0 aromatic heterocycles. The van der Waals surface area contributed by atoms with Gasteiger partial charge in [0.2, 0.25) is 0 Å². The zero-order valence-corrected chi connectivity index (χ0v) is 20.5. The van der Waals surface area contributed by atoms with Gasteiger partial charge in [0.25, 0.3) is 0 Å². The Morgan fingerprint density at radius 2 is 0.826 bits per heavy atom. The van der Waals surface area contributed by atoms with Gasteiger partial charge in [-0.15, -0.1) is 0 Å². The molecule has 0 saturated carbocycles. The average molecular weight is 429 g/mol. The molecule has 0 spiro atoms. The van der Waals surface area contributed by atoms with Crippen LogP contribution in [0.4, 0.5) is 0 Å². The summed E-state index contributed by atoms with van der Waals surface area (Å²) in [5.74, 6) is 7.01. The molecule has 2 aromatic carbocycles. The van der Waals surface area contributed by atoms with Crippen LogP contribution in [0.25, 0.3) is 0 Å². The average Bonchev–Trinajstić information content (AvgIpc) is 2.36. The Bertz CT molecular complexity index is 568. The van der Waals surface area contributed by atoms with Gasteiger partial charge in [0.1, 0.15) is 0 Å². The summed E-state index contributed by atoms with van der Waals surface area (Å²) < 4.78 is 3.32. The van der Waals surface area contributed by atoms with E-state index in [1.54, 1.807) is 8.79 Å². The Hall–Kier alpha value is -0.474. The molecule has 0 atom stereocenters. The fraction of sp³-hybridized carbons (Fsp3) is 0.429. The predicted molar refractivity (Wildman–Crippen MR) is 110 cm³/mol. The Morgan fingerprint density at radius 1 is 0.609 bits per heavy atom. The number of aryl methyl sites for hydroxylation is 6. The van der Waals surface area contributed by atoms with Crippen molar-refractivity contribution in [2.75, 3.05) is 0 Å². The summed E-state index contributed by atoms with van der Waals surface area (Å²) in [6.07, 6.45) is 0. The van der Waals surface area contributed by atoms with E-state index >= 15 is 0 Å². The molecule has 0 N–H and O–H groups in total. The fourth-order valence-electron chi connectivity index (χ4n) is 3.67. The molecule has 23 heavy (non-hydrogen) atoms. The summed E-state index contributed by atoms with van der Waals surface area (Å²) in [5, 5.41) is 0. The number of rotatable bonds is 2. The Kier molecular flexibility index (Phi) is 8.16. The van der Waals surface area contributed by atoms with Crippen LogP contribution in [0.15, 0.2) is 24.3 Å². The molecule has 2 aromatic rings. The topological polar surface area (TPSA) is 0 Å². The number of benzene rings is 2. The van der Waals surface area contributed by atoms with Crippen molar-refractivity contribution in [3.05, 3.63) is 57.6 Å². The summed E-state index contributed by atoms with van der Waals surface area (Å²) >= 11 is -0.932. The molecule has 2 heteroatoms. The van der Waals surface area contributed by atoms with Gasteiger partial charge in [-0.3, -0.25) is 0 Å². The third kappa shape index (κ3) is 5.25. The molecule has 0 bridgehead atoms. The summed E-state index contributed by atoms with van der Waals surface area (Å²) in [6.45, 7) is 13.5. The summed E-state index contributed by atoms with van der Waals surface area (Å²) in [4.78, 5) is 0. The molecule has 123 valence electrons. The molecule has 0 unspecified atom stereocenters. The van der Waals surface area contributed by atoms with E-state index in [9.17, 15) is 0 Å². The van der Waals surface area contributed by atoms with Crippen LogP contribution in [0.1, 0.15) is 33.4 Å². The maximum absolute atomic E-state index is 2.51. The molecule has 0 saturated heterocycles. The van der Waals surface area contributed by atoms with Gasteiger partial charge in [0.05, 0.1) is 0 Å². The molecule has 0 fully saturated rings. The van der Waals surface area contributed by atoms with E-state index in [1.165, 1.54) is 33.4 Å². The second-order valence-electron chi connectivity index (χ2n) is 6.67. The molecular weight excluding hydrogens is 397 g/mol. The first-order valence-corrected chi connectivity index (χ1v) is 16.7. The van der Waals surface area contributed by atoms with E-state index < -0.39 is 14.3 Å². The van der Waals surface area contributed by atoms with E-state index in [1.807, 2.05) is 0 Å². The second kappa shape index (κ2) is 9.12. The zero-order chi connectivity index (χ0) is 17.7. The van der Waals surface area contributed by atoms with Crippen LogP contribution in [0.2, 0.25) is 17.3 Å². The fourth-order valence-corrected chi connectivity index (χ4v) is 9.76. The molecule has 0 aliphatic rings. The summed E-state index contributed by atoms with van der Waals surface area (Å²) in [5.41, 5.74) is 8.71. The molecule has 0 nitrogen and oxygen atoms in total. The van der Waals surface area contributed by atoms with Gasteiger partial charge in [0, 0.05) is 0 Å². The normalized spacial score (nSPS) is 10.5. The van der Waals surface area contributed by atoms with Crippen molar-refractivity contribution in [2.45, 2.75) is 58.8 Å². The van der Waals surface area contributed by atoms with E-state index in [2.05, 4.69) is 83.1 Å². The van der Waals surface area contributed by atoms with E-state index in [0.29, 0.717) is 15.4 Å². The first-order valence-electron chi connectivity index (χ1n) is 8.31. The van der Waals surface area contributed by atoms with Crippen molar-refractivity contribution >= 4 is 38.6 Å². The first kappa shape index (κ1) is 20.6. The molecule has 0 aliphatic heterocycles. The Labute approximate surface area is 154 Å². The monoisotopic (exact) mass is 431 g/mol. The van der Waals surface area contributed by atoms with Crippen LogP contribution < -0.4 is 8.79 Å². The molecule has 0 heterocycles. The van der Waals surface area contributed by atoms with Crippen LogP contribution >= 0.6 is 0 Å². The van der Waals surface area contributed by atoms with Crippen molar-refractivity contribution in [1.82, 2.24) is 0 Å². The predicted octanol–water partition coefficient (Wildman–Crippen LogP) is 4.56. The van der Waals surface area contributed by atoms with Crippen molar-refractivity contribution in [3.8, 4) is 0 Å². The van der Waals surface area contributed by atoms with E-state index in [4.69, 9.17) is 0 Å². The third-order valence-electron chi connectivity index (χ3n) is 4.10. The SMILES string of the molecule is Cc1cc(C)[c]([Ge]([CH3])[c]2c(C)cc(C)cc2C)c(C)c1.[CH3][Ge][CH3]. The van der Waals surface area contributed by atoms with Crippen LogP contribution in [0, 0.1) is 41.5 Å². The zero-order valence-electron chi connectivity index (χ0n) is 16.3. The van der Waals surface area contributed by atoms with Crippen molar-refractivity contribution in [2.24, 2.45) is 0 Å². The Balaban J connectivity index is 0.000000816. The summed E-state index contributed by atoms with van der Waals surface area (Å²) in [6, 6.07) is 9.38. The quantitative estimate of drug-likeness (QED) is 0.615. The standard InChI is InChI=1S/C19H25Ge.C2H6Ge/c1-12-8-14(3)18(15(4)9-12)20(7)19-16(5)10-13(2)11-17(19)6;1-3-2/h8-11H,1-7H3;1-2H3. The molecule has 0 amide bonds. The van der Waals surface area contributed by atoms with Crippen LogP contribution in [0.5, 0.6) is 0 Å². The molecule has 0 aliphatic carbocycles. The first-order chi connectivity index (χ1) is 10.7. The number of hydrogen-bond donors (Lipinski definition) is 0. The van der Waals surface area contributed by atoms with Crippen molar-refractivity contribution in [1.29, 1.82) is 0 Å². The van der Waals surface area contributed by atoms with E-state index in [0.717, 1.165) is 0 Å². The van der Waals surface area contributed by atoms with Gasteiger partial charge >= 0.3 is 155 Å². The molecule has 3 radical (unpaired) electrons.